The fourth-order valence-electron chi connectivity index (χ4n) is 2.20. The van der Waals surface area contributed by atoms with E-state index < -0.39 is 0 Å². The average Bonchev–Trinajstić information content (AvgIpc) is 2.39. The van der Waals surface area contributed by atoms with E-state index in [0.29, 0.717) is 5.69 Å². The zero-order valence-electron chi connectivity index (χ0n) is 11.9. The van der Waals surface area contributed by atoms with E-state index in [1.54, 1.807) is 12.1 Å². The van der Waals surface area contributed by atoms with E-state index >= 15 is 0 Å². The monoisotopic (exact) mass is 289 g/mol. The van der Waals surface area contributed by atoms with Gasteiger partial charge in [0.2, 0.25) is 0 Å². The largest absolute Gasteiger partial charge is 0.382 e. The van der Waals surface area contributed by atoms with Gasteiger partial charge < -0.3 is 5.32 Å². The van der Waals surface area contributed by atoms with Crippen LogP contribution >= 0.6 is 11.8 Å². The van der Waals surface area contributed by atoms with Crippen LogP contribution in [0.25, 0.3) is 0 Å². The predicted molar refractivity (Wildman–Crippen MR) is 87.0 cm³/mol. The summed E-state index contributed by atoms with van der Waals surface area (Å²) < 4.78 is 13.4. The van der Waals surface area contributed by atoms with Gasteiger partial charge in [-0.3, -0.25) is 0 Å². The molecule has 0 aliphatic rings. The standard InChI is InChI=1S/C17H20FNS/c1-13-9-14(2)11-15(10-13)12-20-8-7-19-17-6-4-3-5-16(17)18/h3-6,9-11,19H,7-8,12H2,1-2H3. The number of rotatable bonds is 6. The molecule has 3 heteroatoms. The van der Waals surface area contributed by atoms with Gasteiger partial charge in [-0.1, -0.05) is 41.5 Å². The normalized spacial score (nSPS) is 10.6. The van der Waals surface area contributed by atoms with Crippen molar-refractivity contribution in [2.75, 3.05) is 17.6 Å². The van der Waals surface area contributed by atoms with Gasteiger partial charge in [0.05, 0.1) is 5.69 Å². The van der Waals surface area contributed by atoms with Gasteiger partial charge in [0.15, 0.2) is 0 Å². The molecule has 0 atom stereocenters. The maximum absolute atomic E-state index is 13.4. The van der Waals surface area contributed by atoms with Gasteiger partial charge in [-0.2, -0.15) is 11.8 Å². The Kier molecular flexibility index (Phi) is 5.48. The molecule has 0 spiro atoms. The number of halogens is 1. The number of hydrogen-bond acceptors (Lipinski definition) is 2. The van der Waals surface area contributed by atoms with Crippen molar-refractivity contribution in [2.24, 2.45) is 0 Å². The van der Waals surface area contributed by atoms with Crippen LogP contribution in [0, 0.1) is 19.7 Å². The number of nitrogens with one attached hydrogen (secondary N) is 1. The summed E-state index contributed by atoms with van der Waals surface area (Å²) in [4.78, 5) is 0. The third-order valence-corrected chi connectivity index (χ3v) is 4.02. The Bertz CT molecular complexity index is 548. The van der Waals surface area contributed by atoms with E-state index in [9.17, 15) is 4.39 Å². The van der Waals surface area contributed by atoms with Crippen LogP contribution in [0.15, 0.2) is 42.5 Å². The minimum absolute atomic E-state index is 0.188. The second-order valence-electron chi connectivity index (χ2n) is 4.96. The number of anilines is 1. The third kappa shape index (κ3) is 4.57. The summed E-state index contributed by atoms with van der Waals surface area (Å²) in [5.41, 5.74) is 4.56. The molecule has 0 aliphatic carbocycles. The van der Waals surface area contributed by atoms with Crippen LogP contribution in [0.2, 0.25) is 0 Å². The lowest BCUT2D eigenvalue weighted by atomic mass is 10.1. The summed E-state index contributed by atoms with van der Waals surface area (Å²) in [6.07, 6.45) is 0. The molecule has 0 saturated heterocycles. The summed E-state index contributed by atoms with van der Waals surface area (Å²) in [5.74, 6) is 1.77. The van der Waals surface area contributed by atoms with Crippen molar-refractivity contribution in [1.29, 1.82) is 0 Å². The fourth-order valence-corrected chi connectivity index (χ4v) is 3.00. The topological polar surface area (TPSA) is 12.0 Å². The number of benzene rings is 2. The Hall–Kier alpha value is -1.48. The lowest BCUT2D eigenvalue weighted by Gasteiger charge is -2.08. The Morgan fingerprint density at radius 1 is 1.05 bits per heavy atom. The van der Waals surface area contributed by atoms with Crippen molar-refractivity contribution in [3.05, 3.63) is 65.0 Å². The first-order chi connectivity index (χ1) is 9.65. The highest BCUT2D eigenvalue weighted by Gasteiger charge is 2.00. The molecule has 2 aromatic rings. The summed E-state index contributed by atoms with van der Waals surface area (Å²) in [6, 6.07) is 13.4. The van der Waals surface area contributed by atoms with Crippen molar-refractivity contribution >= 4 is 17.4 Å². The molecule has 2 aromatic carbocycles. The summed E-state index contributed by atoms with van der Waals surface area (Å²) in [7, 11) is 0. The number of hydrogen-bond donors (Lipinski definition) is 1. The van der Waals surface area contributed by atoms with Crippen LogP contribution in [-0.4, -0.2) is 12.3 Å². The lowest BCUT2D eigenvalue weighted by Crippen LogP contribution is -2.05. The van der Waals surface area contributed by atoms with Gasteiger partial charge in [-0.05, 0) is 31.5 Å². The lowest BCUT2D eigenvalue weighted by molar-refractivity contribution is 0.630. The smallest absolute Gasteiger partial charge is 0.146 e. The number of thioether (sulfide) groups is 1. The molecule has 0 unspecified atom stereocenters. The SMILES string of the molecule is Cc1cc(C)cc(CSCCNc2ccccc2F)c1. The van der Waals surface area contributed by atoms with Crippen LogP contribution in [-0.2, 0) is 5.75 Å². The molecule has 0 radical (unpaired) electrons. The van der Waals surface area contributed by atoms with Crippen molar-refractivity contribution < 1.29 is 4.39 Å². The Morgan fingerprint density at radius 3 is 2.45 bits per heavy atom. The third-order valence-electron chi connectivity index (χ3n) is 2.99. The first-order valence-corrected chi connectivity index (χ1v) is 7.94. The molecule has 1 N–H and O–H groups in total. The molecular weight excluding hydrogens is 269 g/mol. The maximum atomic E-state index is 13.4. The highest BCUT2D eigenvalue weighted by atomic mass is 32.2. The molecule has 0 aromatic heterocycles. The summed E-state index contributed by atoms with van der Waals surface area (Å²) in [5, 5.41) is 3.13. The minimum Gasteiger partial charge on any atom is -0.382 e. The molecule has 2 rings (SSSR count). The van der Waals surface area contributed by atoms with E-state index in [1.807, 2.05) is 17.8 Å². The van der Waals surface area contributed by atoms with Gasteiger partial charge in [-0.15, -0.1) is 0 Å². The van der Waals surface area contributed by atoms with Crippen LogP contribution < -0.4 is 5.32 Å². The first-order valence-electron chi connectivity index (χ1n) is 6.78. The summed E-state index contributed by atoms with van der Waals surface area (Å²) in [6.45, 7) is 5.03. The van der Waals surface area contributed by atoms with Gasteiger partial charge in [-0.25, -0.2) is 4.39 Å². The van der Waals surface area contributed by atoms with Gasteiger partial charge in [0, 0.05) is 18.1 Å². The van der Waals surface area contributed by atoms with Crippen molar-refractivity contribution in [3.63, 3.8) is 0 Å². The molecule has 0 saturated carbocycles. The fraction of sp³-hybridized carbons (Fsp3) is 0.294. The zero-order chi connectivity index (χ0) is 14.4. The van der Waals surface area contributed by atoms with Crippen LogP contribution in [0.4, 0.5) is 10.1 Å². The Morgan fingerprint density at radius 2 is 1.75 bits per heavy atom. The Balaban J connectivity index is 1.73. The highest BCUT2D eigenvalue weighted by molar-refractivity contribution is 7.98. The van der Waals surface area contributed by atoms with Gasteiger partial charge in [0.1, 0.15) is 5.82 Å². The van der Waals surface area contributed by atoms with E-state index in [4.69, 9.17) is 0 Å². The van der Waals surface area contributed by atoms with E-state index in [1.165, 1.54) is 22.8 Å². The zero-order valence-corrected chi connectivity index (χ0v) is 12.8. The number of aryl methyl sites for hydroxylation is 2. The molecule has 0 bridgehead atoms. The van der Waals surface area contributed by atoms with E-state index in [2.05, 4.69) is 37.4 Å². The van der Waals surface area contributed by atoms with Crippen molar-refractivity contribution in [1.82, 2.24) is 0 Å². The first kappa shape index (κ1) is 14.9. The van der Waals surface area contributed by atoms with E-state index in [0.717, 1.165) is 18.1 Å². The predicted octanol–water partition coefficient (Wildman–Crippen LogP) is 4.79. The second kappa shape index (κ2) is 7.34. The van der Waals surface area contributed by atoms with Crippen LogP contribution in [0.5, 0.6) is 0 Å². The average molecular weight is 289 g/mol. The molecule has 0 heterocycles. The quantitative estimate of drug-likeness (QED) is 0.767. The molecule has 0 fully saturated rings. The Labute approximate surface area is 124 Å². The van der Waals surface area contributed by atoms with Crippen molar-refractivity contribution in [3.8, 4) is 0 Å². The molecule has 106 valence electrons. The molecule has 0 aliphatic heterocycles. The molecular formula is C17H20FNS. The van der Waals surface area contributed by atoms with E-state index in [-0.39, 0.29) is 5.82 Å². The molecule has 1 nitrogen and oxygen atoms in total. The van der Waals surface area contributed by atoms with Gasteiger partial charge in [0.25, 0.3) is 0 Å². The summed E-state index contributed by atoms with van der Waals surface area (Å²) >= 11 is 1.86. The maximum Gasteiger partial charge on any atom is 0.146 e. The van der Waals surface area contributed by atoms with Gasteiger partial charge >= 0.3 is 0 Å². The van der Waals surface area contributed by atoms with Crippen molar-refractivity contribution in [2.45, 2.75) is 19.6 Å². The number of para-hydroxylation sites is 1. The molecule has 20 heavy (non-hydrogen) atoms. The minimum atomic E-state index is -0.188. The molecule has 0 amide bonds. The highest BCUT2D eigenvalue weighted by Crippen LogP contribution is 2.16. The second-order valence-corrected chi connectivity index (χ2v) is 6.06. The van der Waals surface area contributed by atoms with Crippen LogP contribution in [0.1, 0.15) is 16.7 Å². The van der Waals surface area contributed by atoms with Crippen LogP contribution in [0.3, 0.4) is 0 Å².